The zero-order chi connectivity index (χ0) is 36.3. The van der Waals surface area contributed by atoms with Gasteiger partial charge in [-0.05, 0) is 87.0 Å². The first-order chi connectivity index (χ1) is 27.3. The molecular weight excluding hydrogens is 683 g/mol. The van der Waals surface area contributed by atoms with E-state index < -0.39 is 5.41 Å². The molecular formula is C53H35NS. The second-order valence-corrected chi connectivity index (χ2v) is 15.4. The Balaban J connectivity index is 1.20. The van der Waals surface area contributed by atoms with Crippen molar-refractivity contribution < 1.29 is 0 Å². The molecule has 10 aromatic rings. The molecule has 0 aliphatic heterocycles. The molecule has 258 valence electrons. The Kier molecular flexibility index (Phi) is 7.33. The van der Waals surface area contributed by atoms with Gasteiger partial charge in [0.25, 0.3) is 0 Å². The molecule has 1 aromatic heterocycles. The maximum atomic E-state index is 2.50. The standard InChI is InChI=1S/C53H35NS/c1-5-18-37(19-6-1)53(38-20-7-2-8-21-38)47-30-16-15-26-42(47)43-33-32-36(34-48(43)53)41-29-17-31-50-51(41)46-35-49(44-27-13-14-28-45(44)52(46)55-50)54(39-22-9-3-10-23-39)40-24-11-4-12-25-40/h1-35H. The van der Waals surface area contributed by atoms with Gasteiger partial charge in [0.05, 0.1) is 11.1 Å². The summed E-state index contributed by atoms with van der Waals surface area (Å²) >= 11 is 1.90. The van der Waals surface area contributed by atoms with Crippen molar-refractivity contribution in [2.75, 3.05) is 4.90 Å². The molecule has 1 aliphatic carbocycles. The van der Waals surface area contributed by atoms with Crippen LogP contribution in [0.4, 0.5) is 17.1 Å². The maximum Gasteiger partial charge on any atom is 0.0713 e. The highest BCUT2D eigenvalue weighted by molar-refractivity contribution is 7.26. The minimum atomic E-state index is -0.454. The van der Waals surface area contributed by atoms with Crippen molar-refractivity contribution in [2.24, 2.45) is 0 Å². The molecule has 1 nitrogen and oxygen atoms in total. The summed E-state index contributed by atoms with van der Waals surface area (Å²) in [5, 5.41) is 5.09. The van der Waals surface area contributed by atoms with Gasteiger partial charge in [-0.15, -0.1) is 11.3 Å². The van der Waals surface area contributed by atoms with Gasteiger partial charge in [0, 0.05) is 42.3 Å². The quantitative estimate of drug-likeness (QED) is 0.166. The third-order valence-corrected chi connectivity index (χ3v) is 12.7. The molecule has 0 radical (unpaired) electrons. The summed E-state index contributed by atoms with van der Waals surface area (Å²) in [7, 11) is 0. The molecule has 1 aliphatic rings. The highest BCUT2D eigenvalue weighted by Gasteiger charge is 2.46. The molecule has 0 fully saturated rings. The first kappa shape index (κ1) is 31.8. The Bertz CT molecular complexity index is 2940. The van der Waals surface area contributed by atoms with E-state index in [0.29, 0.717) is 0 Å². The molecule has 0 saturated heterocycles. The summed E-state index contributed by atoms with van der Waals surface area (Å²) in [6, 6.07) is 78.1. The number of para-hydroxylation sites is 2. The van der Waals surface area contributed by atoms with Crippen LogP contribution in [0.5, 0.6) is 0 Å². The lowest BCUT2D eigenvalue weighted by atomic mass is 9.67. The van der Waals surface area contributed by atoms with Crippen LogP contribution in [-0.2, 0) is 5.41 Å². The molecule has 0 amide bonds. The van der Waals surface area contributed by atoms with Gasteiger partial charge in [-0.2, -0.15) is 0 Å². The zero-order valence-electron chi connectivity index (χ0n) is 30.1. The van der Waals surface area contributed by atoms with Crippen LogP contribution in [0.25, 0.3) is 53.2 Å². The summed E-state index contributed by atoms with van der Waals surface area (Å²) < 4.78 is 2.61. The summed E-state index contributed by atoms with van der Waals surface area (Å²) in [6.45, 7) is 0. The van der Waals surface area contributed by atoms with Crippen molar-refractivity contribution in [3.8, 4) is 22.3 Å². The van der Waals surface area contributed by atoms with Crippen molar-refractivity contribution in [1.29, 1.82) is 0 Å². The largest absolute Gasteiger partial charge is 0.310 e. The van der Waals surface area contributed by atoms with E-state index in [4.69, 9.17) is 0 Å². The molecule has 0 N–H and O–H groups in total. The van der Waals surface area contributed by atoms with Crippen LogP contribution in [0.2, 0.25) is 0 Å². The van der Waals surface area contributed by atoms with Gasteiger partial charge in [0.1, 0.15) is 0 Å². The highest BCUT2D eigenvalue weighted by atomic mass is 32.1. The number of hydrogen-bond donors (Lipinski definition) is 0. The van der Waals surface area contributed by atoms with Crippen molar-refractivity contribution in [3.63, 3.8) is 0 Å². The third kappa shape index (κ3) is 4.78. The van der Waals surface area contributed by atoms with Crippen molar-refractivity contribution in [2.45, 2.75) is 5.41 Å². The van der Waals surface area contributed by atoms with E-state index in [9.17, 15) is 0 Å². The third-order valence-electron chi connectivity index (χ3n) is 11.5. The lowest BCUT2D eigenvalue weighted by Gasteiger charge is -2.34. The number of fused-ring (bicyclic) bond motifs is 8. The summed E-state index contributed by atoms with van der Waals surface area (Å²) in [5.74, 6) is 0. The van der Waals surface area contributed by atoms with Crippen LogP contribution >= 0.6 is 11.3 Å². The molecule has 0 unspecified atom stereocenters. The molecule has 0 spiro atoms. The minimum Gasteiger partial charge on any atom is -0.310 e. The summed E-state index contributed by atoms with van der Waals surface area (Å²) in [4.78, 5) is 2.41. The summed E-state index contributed by atoms with van der Waals surface area (Å²) in [6.07, 6.45) is 0. The monoisotopic (exact) mass is 717 g/mol. The van der Waals surface area contributed by atoms with E-state index in [0.717, 1.165) is 11.4 Å². The number of hydrogen-bond acceptors (Lipinski definition) is 2. The van der Waals surface area contributed by atoms with E-state index in [-0.39, 0.29) is 0 Å². The molecule has 0 saturated carbocycles. The number of anilines is 3. The molecule has 1 heterocycles. The Morgan fingerprint density at radius 1 is 0.382 bits per heavy atom. The normalized spacial score (nSPS) is 12.9. The lowest BCUT2D eigenvalue weighted by molar-refractivity contribution is 0.769. The van der Waals surface area contributed by atoms with Crippen molar-refractivity contribution >= 4 is 59.3 Å². The number of rotatable bonds is 6. The topological polar surface area (TPSA) is 3.24 Å². The van der Waals surface area contributed by atoms with E-state index in [1.165, 1.54) is 81.1 Å². The van der Waals surface area contributed by atoms with Gasteiger partial charge in [-0.1, -0.05) is 170 Å². The van der Waals surface area contributed by atoms with E-state index in [2.05, 4.69) is 217 Å². The fourth-order valence-electron chi connectivity index (χ4n) is 9.25. The van der Waals surface area contributed by atoms with E-state index in [1.54, 1.807) is 0 Å². The SMILES string of the molecule is c1ccc(N(c2ccccc2)c2cc3c(sc4cccc(-c5ccc6c(c5)C(c5ccccc5)(c5ccccc5)c5ccccc5-6)c43)c3ccccc23)cc1. The van der Waals surface area contributed by atoms with Crippen molar-refractivity contribution in [3.05, 3.63) is 235 Å². The number of nitrogens with zero attached hydrogens (tertiary/aromatic N) is 1. The van der Waals surface area contributed by atoms with Gasteiger partial charge in [-0.3, -0.25) is 0 Å². The average molecular weight is 718 g/mol. The number of benzene rings is 9. The number of thiophene rings is 1. The second kappa shape index (κ2) is 12.7. The molecule has 9 aromatic carbocycles. The van der Waals surface area contributed by atoms with Crippen LogP contribution in [0.1, 0.15) is 22.3 Å². The minimum absolute atomic E-state index is 0.454. The summed E-state index contributed by atoms with van der Waals surface area (Å²) in [5.41, 5.74) is 13.3. The Morgan fingerprint density at radius 2 is 0.927 bits per heavy atom. The maximum absolute atomic E-state index is 2.50. The molecule has 55 heavy (non-hydrogen) atoms. The Hall–Kier alpha value is -6.74. The van der Waals surface area contributed by atoms with Crippen LogP contribution < -0.4 is 4.90 Å². The van der Waals surface area contributed by atoms with Crippen LogP contribution in [-0.4, -0.2) is 0 Å². The van der Waals surface area contributed by atoms with Gasteiger partial charge < -0.3 is 4.90 Å². The Morgan fingerprint density at radius 3 is 1.60 bits per heavy atom. The lowest BCUT2D eigenvalue weighted by Crippen LogP contribution is -2.28. The predicted molar refractivity (Wildman–Crippen MR) is 234 cm³/mol. The second-order valence-electron chi connectivity index (χ2n) is 14.4. The average Bonchev–Trinajstić information content (AvgIpc) is 3.79. The van der Waals surface area contributed by atoms with E-state index >= 15 is 0 Å². The van der Waals surface area contributed by atoms with E-state index in [1.807, 2.05) is 11.3 Å². The van der Waals surface area contributed by atoms with Gasteiger partial charge in [0.2, 0.25) is 0 Å². The highest BCUT2D eigenvalue weighted by Crippen LogP contribution is 2.57. The first-order valence-corrected chi connectivity index (χ1v) is 19.8. The zero-order valence-corrected chi connectivity index (χ0v) is 30.9. The molecule has 0 atom stereocenters. The fourth-order valence-corrected chi connectivity index (χ4v) is 10.5. The van der Waals surface area contributed by atoms with Gasteiger partial charge in [-0.25, -0.2) is 0 Å². The first-order valence-electron chi connectivity index (χ1n) is 18.9. The molecule has 11 rings (SSSR count). The van der Waals surface area contributed by atoms with Crippen molar-refractivity contribution in [1.82, 2.24) is 0 Å². The molecule has 0 bridgehead atoms. The van der Waals surface area contributed by atoms with Gasteiger partial charge in [0.15, 0.2) is 0 Å². The molecule has 2 heteroatoms. The van der Waals surface area contributed by atoms with Gasteiger partial charge >= 0.3 is 0 Å². The van der Waals surface area contributed by atoms with Crippen LogP contribution in [0.15, 0.2) is 212 Å². The fraction of sp³-hybridized carbons (Fsp3) is 0.0189. The van der Waals surface area contributed by atoms with Crippen LogP contribution in [0, 0.1) is 0 Å². The Labute approximate surface area is 325 Å². The predicted octanol–water partition coefficient (Wildman–Crippen LogP) is 14.7. The van der Waals surface area contributed by atoms with Crippen LogP contribution in [0.3, 0.4) is 0 Å². The smallest absolute Gasteiger partial charge is 0.0713 e.